The van der Waals surface area contributed by atoms with Crippen LogP contribution in [-0.4, -0.2) is 16.2 Å². The van der Waals surface area contributed by atoms with Gasteiger partial charge in [-0.15, -0.1) is 0 Å². The Kier molecular flexibility index (Phi) is 2.01. The molecule has 2 aromatic rings. The molecule has 0 unspecified atom stereocenters. The highest BCUT2D eigenvalue weighted by molar-refractivity contribution is 5.89. The number of carboxylic acids is 1. The van der Waals surface area contributed by atoms with Gasteiger partial charge in [0.05, 0.1) is 0 Å². The summed E-state index contributed by atoms with van der Waals surface area (Å²) in [6.07, 6.45) is 1.11. The van der Waals surface area contributed by atoms with Crippen molar-refractivity contribution in [2.24, 2.45) is 0 Å². The minimum absolute atomic E-state index is 0.0463. The first-order valence-electron chi connectivity index (χ1n) is 5.17. The van der Waals surface area contributed by atoms with Crippen molar-refractivity contribution in [3.05, 3.63) is 40.8 Å². The number of aromatic nitrogens is 1. The van der Waals surface area contributed by atoms with Crippen LogP contribution in [0.15, 0.2) is 22.7 Å². The van der Waals surface area contributed by atoms with Crippen LogP contribution in [0, 0.1) is 5.82 Å². The fraction of sp³-hybridized carbons (Fsp3) is 0.167. The number of nitrogens with zero attached hydrogens (tertiary/aromatic N) is 1. The van der Waals surface area contributed by atoms with Crippen LogP contribution >= 0.6 is 0 Å². The van der Waals surface area contributed by atoms with Gasteiger partial charge in [-0.3, -0.25) is 0 Å². The highest BCUT2D eigenvalue weighted by Crippen LogP contribution is 2.35. The molecule has 0 fully saturated rings. The second-order valence-corrected chi connectivity index (χ2v) is 3.95. The molecule has 1 aromatic carbocycles. The summed E-state index contributed by atoms with van der Waals surface area (Å²) in [6, 6.07) is 4.37. The lowest BCUT2D eigenvalue weighted by molar-refractivity contribution is 0.0685. The summed E-state index contributed by atoms with van der Waals surface area (Å²) in [5, 5.41) is 12.5. The van der Waals surface area contributed by atoms with Gasteiger partial charge in [0.1, 0.15) is 5.82 Å². The molecule has 1 aliphatic rings. The van der Waals surface area contributed by atoms with E-state index in [1.807, 2.05) is 0 Å². The van der Waals surface area contributed by atoms with E-state index in [-0.39, 0.29) is 11.5 Å². The summed E-state index contributed by atoms with van der Waals surface area (Å²) in [5.74, 6) is -0.950. The Labute approximate surface area is 95.7 Å². The standard InChI is InChI=1S/C12H8FNO3/c13-7-2-4-8-6(5-7)1-3-9-10(12(15)16)14-17-11(8)9/h2,4-5H,1,3H2,(H,15,16). The van der Waals surface area contributed by atoms with Gasteiger partial charge in [-0.05, 0) is 36.6 Å². The molecule has 0 atom stereocenters. The first-order chi connectivity index (χ1) is 8.16. The first-order valence-corrected chi connectivity index (χ1v) is 5.17. The molecule has 0 radical (unpaired) electrons. The zero-order chi connectivity index (χ0) is 12.0. The highest BCUT2D eigenvalue weighted by Gasteiger charge is 2.27. The molecule has 0 spiro atoms. The van der Waals surface area contributed by atoms with Crippen LogP contribution in [0.3, 0.4) is 0 Å². The molecule has 4 nitrogen and oxygen atoms in total. The van der Waals surface area contributed by atoms with E-state index in [1.54, 1.807) is 6.07 Å². The van der Waals surface area contributed by atoms with Gasteiger partial charge < -0.3 is 9.63 Å². The van der Waals surface area contributed by atoms with Gasteiger partial charge in [0.25, 0.3) is 0 Å². The maximum atomic E-state index is 13.1. The van der Waals surface area contributed by atoms with E-state index in [9.17, 15) is 9.18 Å². The summed E-state index contributed by atoms with van der Waals surface area (Å²) >= 11 is 0. The Morgan fingerprint density at radius 3 is 3.00 bits per heavy atom. The van der Waals surface area contributed by atoms with Crippen LogP contribution in [0.5, 0.6) is 0 Å². The maximum absolute atomic E-state index is 13.1. The SMILES string of the molecule is O=C(O)c1noc2c1CCc1cc(F)ccc1-2. The molecule has 1 N–H and O–H groups in total. The number of benzene rings is 1. The van der Waals surface area contributed by atoms with Crippen LogP contribution in [0.4, 0.5) is 4.39 Å². The molecule has 1 aromatic heterocycles. The molecule has 0 aliphatic heterocycles. The van der Waals surface area contributed by atoms with Crippen LogP contribution in [0.2, 0.25) is 0 Å². The first kappa shape index (κ1) is 10.0. The predicted octanol–water partition coefficient (Wildman–Crippen LogP) is 2.28. The summed E-state index contributed by atoms with van der Waals surface area (Å²) in [6.45, 7) is 0. The summed E-state index contributed by atoms with van der Waals surface area (Å²) in [4.78, 5) is 10.9. The smallest absolute Gasteiger partial charge is 0.358 e. The normalized spacial score (nSPS) is 13.0. The molecular weight excluding hydrogens is 225 g/mol. The Bertz CT molecular complexity index is 618. The molecule has 1 aliphatic carbocycles. The predicted molar refractivity (Wildman–Crippen MR) is 56.3 cm³/mol. The van der Waals surface area contributed by atoms with Crippen molar-refractivity contribution in [2.45, 2.75) is 12.8 Å². The highest BCUT2D eigenvalue weighted by atomic mass is 19.1. The second-order valence-electron chi connectivity index (χ2n) is 3.95. The van der Waals surface area contributed by atoms with E-state index < -0.39 is 5.97 Å². The molecule has 0 bridgehead atoms. The van der Waals surface area contributed by atoms with E-state index in [0.717, 1.165) is 11.1 Å². The minimum atomic E-state index is -1.10. The number of hydrogen-bond donors (Lipinski definition) is 1. The Morgan fingerprint density at radius 2 is 2.24 bits per heavy atom. The van der Waals surface area contributed by atoms with E-state index in [4.69, 9.17) is 9.63 Å². The number of aryl methyl sites for hydroxylation is 1. The number of carbonyl (C=O) groups is 1. The molecular formula is C12H8FNO3. The third-order valence-electron chi connectivity index (χ3n) is 2.95. The summed E-state index contributed by atoms with van der Waals surface area (Å²) in [7, 11) is 0. The van der Waals surface area contributed by atoms with Crippen LogP contribution in [-0.2, 0) is 12.8 Å². The molecule has 17 heavy (non-hydrogen) atoms. The summed E-state index contributed by atoms with van der Waals surface area (Å²) in [5.41, 5.74) is 2.10. The number of hydrogen-bond acceptors (Lipinski definition) is 3. The van der Waals surface area contributed by atoms with Gasteiger partial charge in [0.2, 0.25) is 0 Å². The third-order valence-corrected chi connectivity index (χ3v) is 2.95. The topological polar surface area (TPSA) is 63.3 Å². The van der Waals surface area contributed by atoms with Crippen molar-refractivity contribution in [2.75, 3.05) is 0 Å². The average Bonchev–Trinajstić information content (AvgIpc) is 2.72. The molecule has 5 heteroatoms. The lowest BCUT2D eigenvalue weighted by atomic mass is 9.89. The van der Waals surface area contributed by atoms with E-state index in [1.165, 1.54) is 12.1 Å². The Morgan fingerprint density at radius 1 is 1.41 bits per heavy atom. The van der Waals surface area contributed by atoms with Crippen LogP contribution < -0.4 is 0 Å². The lowest BCUT2D eigenvalue weighted by Crippen LogP contribution is -2.07. The van der Waals surface area contributed by atoms with Crippen LogP contribution in [0.25, 0.3) is 11.3 Å². The molecule has 3 rings (SSSR count). The van der Waals surface area contributed by atoms with Gasteiger partial charge in [-0.2, -0.15) is 0 Å². The number of aromatic carboxylic acids is 1. The van der Waals surface area contributed by atoms with Gasteiger partial charge in [-0.1, -0.05) is 5.16 Å². The molecule has 0 saturated heterocycles. The van der Waals surface area contributed by atoms with E-state index in [2.05, 4.69) is 5.16 Å². The average molecular weight is 233 g/mol. The van der Waals surface area contributed by atoms with Crippen molar-refractivity contribution < 1.29 is 18.8 Å². The lowest BCUT2D eigenvalue weighted by Gasteiger charge is -2.13. The largest absolute Gasteiger partial charge is 0.476 e. The van der Waals surface area contributed by atoms with Crippen molar-refractivity contribution in [1.82, 2.24) is 5.16 Å². The van der Waals surface area contributed by atoms with Crippen molar-refractivity contribution in [3.8, 4) is 11.3 Å². The number of fused-ring (bicyclic) bond motifs is 3. The van der Waals surface area contributed by atoms with Crippen molar-refractivity contribution >= 4 is 5.97 Å². The third kappa shape index (κ3) is 1.43. The zero-order valence-corrected chi connectivity index (χ0v) is 8.74. The molecule has 0 amide bonds. The quantitative estimate of drug-likeness (QED) is 0.820. The van der Waals surface area contributed by atoms with Gasteiger partial charge in [0.15, 0.2) is 11.5 Å². The van der Waals surface area contributed by atoms with Gasteiger partial charge in [-0.25, -0.2) is 9.18 Å². The van der Waals surface area contributed by atoms with Gasteiger partial charge >= 0.3 is 5.97 Å². The number of halogens is 1. The fourth-order valence-electron chi connectivity index (χ4n) is 2.17. The minimum Gasteiger partial charge on any atom is -0.476 e. The number of carboxylic acid groups (broad SMARTS) is 1. The maximum Gasteiger partial charge on any atom is 0.358 e. The molecule has 0 saturated carbocycles. The van der Waals surface area contributed by atoms with Gasteiger partial charge in [0, 0.05) is 11.1 Å². The van der Waals surface area contributed by atoms with E-state index in [0.29, 0.717) is 24.2 Å². The number of rotatable bonds is 1. The molecule has 86 valence electrons. The Balaban J connectivity index is 2.21. The fourth-order valence-corrected chi connectivity index (χ4v) is 2.17. The van der Waals surface area contributed by atoms with Crippen LogP contribution in [0.1, 0.15) is 21.6 Å². The molecule has 1 heterocycles. The summed E-state index contributed by atoms with van der Waals surface area (Å²) < 4.78 is 18.1. The van der Waals surface area contributed by atoms with Crippen molar-refractivity contribution in [1.29, 1.82) is 0 Å². The second kappa shape index (κ2) is 3.41. The van der Waals surface area contributed by atoms with Crippen molar-refractivity contribution in [3.63, 3.8) is 0 Å². The monoisotopic (exact) mass is 233 g/mol. The Hall–Kier alpha value is -2.17. The van der Waals surface area contributed by atoms with E-state index >= 15 is 0 Å². The zero-order valence-electron chi connectivity index (χ0n) is 8.74.